The number of aromatic amines is 1. The smallest absolute Gasteiger partial charge is 0.308 e. The molecule has 94 valence electrons. The van der Waals surface area contributed by atoms with E-state index in [1.165, 1.54) is 6.07 Å². The number of carboxylic acids is 1. The average molecular weight is 286 g/mol. The molecule has 6 heteroatoms. The third kappa shape index (κ3) is 2.21. The first-order valence-corrected chi connectivity index (χ1v) is 5.88. The van der Waals surface area contributed by atoms with Crippen LogP contribution in [0.25, 0.3) is 10.9 Å². The maximum absolute atomic E-state index is 12.2. The van der Waals surface area contributed by atoms with Gasteiger partial charge in [0.1, 0.15) is 0 Å². The molecule has 2 aromatic rings. The summed E-state index contributed by atoms with van der Waals surface area (Å²) in [6.45, 7) is 1.65. The van der Waals surface area contributed by atoms with Gasteiger partial charge in [-0.15, -0.1) is 0 Å². The van der Waals surface area contributed by atoms with Crippen molar-refractivity contribution in [3.05, 3.63) is 43.7 Å². The minimum absolute atomic E-state index is 0.208. The lowest BCUT2D eigenvalue weighted by Gasteiger charge is -2.07. The SMILES string of the molecule is Cc1[nH]c2cc(Cl)cc(Cl)c2c(=O)c1CC(=O)O. The Kier molecular flexibility index (Phi) is 3.32. The number of carboxylic acid groups (broad SMARTS) is 1. The second-order valence-electron chi connectivity index (χ2n) is 3.94. The van der Waals surface area contributed by atoms with Gasteiger partial charge in [-0.1, -0.05) is 23.2 Å². The van der Waals surface area contributed by atoms with Gasteiger partial charge in [0.25, 0.3) is 0 Å². The number of nitrogens with one attached hydrogen (secondary N) is 1. The third-order valence-electron chi connectivity index (χ3n) is 2.66. The Balaban J connectivity index is 2.85. The molecule has 0 unspecified atom stereocenters. The Bertz CT molecular complexity index is 707. The molecule has 0 saturated carbocycles. The highest BCUT2D eigenvalue weighted by molar-refractivity contribution is 6.38. The van der Waals surface area contributed by atoms with Gasteiger partial charge >= 0.3 is 5.97 Å². The lowest BCUT2D eigenvalue weighted by Crippen LogP contribution is -2.17. The zero-order valence-electron chi connectivity index (χ0n) is 9.38. The highest BCUT2D eigenvalue weighted by atomic mass is 35.5. The molecule has 1 heterocycles. The van der Waals surface area contributed by atoms with Crippen molar-refractivity contribution in [2.45, 2.75) is 13.3 Å². The predicted molar refractivity (Wildman–Crippen MR) is 70.7 cm³/mol. The molecule has 0 aliphatic heterocycles. The van der Waals surface area contributed by atoms with Crippen LogP contribution in [0.3, 0.4) is 0 Å². The maximum Gasteiger partial charge on any atom is 0.308 e. The summed E-state index contributed by atoms with van der Waals surface area (Å²) in [7, 11) is 0. The number of aromatic nitrogens is 1. The maximum atomic E-state index is 12.2. The van der Waals surface area contributed by atoms with E-state index in [0.29, 0.717) is 16.2 Å². The van der Waals surface area contributed by atoms with Crippen molar-refractivity contribution >= 4 is 40.1 Å². The van der Waals surface area contributed by atoms with Crippen LogP contribution in [0.4, 0.5) is 0 Å². The lowest BCUT2D eigenvalue weighted by atomic mass is 10.1. The summed E-state index contributed by atoms with van der Waals surface area (Å²) in [5, 5.41) is 9.69. The average Bonchev–Trinajstić information content (AvgIpc) is 2.22. The quantitative estimate of drug-likeness (QED) is 0.891. The van der Waals surface area contributed by atoms with Gasteiger partial charge in [0.05, 0.1) is 22.3 Å². The molecule has 0 saturated heterocycles. The van der Waals surface area contributed by atoms with Gasteiger partial charge in [0, 0.05) is 16.3 Å². The summed E-state index contributed by atoms with van der Waals surface area (Å²) in [6.07, 6.45) is -0.337. The molecule has 0 amide bonds. The fraction of sp³-hybridized carbons (Fsp3) is 0.167. The predicted octanol–water partition coefficient (Wildman–Crippen LogP) is 2.77. The molecule has 2 rings (SSSR count). The zero-order valence-corrected chi connectivity index (χ0v) is 10.9. The summed E-state index contributed by atoms with van der Waals surface area (Å²) in [5.41, 5.74) is 0.849. The summed E-state index contributed by atoms with van der Waals surface area (Å²) in [5.74, 6) is -1.06. The number of aliphatic carboxylic acids is 1. The van der Waals surface area contributed by atoms with Gasteiger partial charge in [0.2, 0.25) is 0 Å². The molecule has 0 aliphatic rings. The van der Waals surface area contributed by atoms with E-state index in [-0.39, 0.29) is 27.8 Å². The lowest BCUT2D eigenvalue weighted by molar-refractivity contribution is -0.136. The Morgan fingerprint density at radius 2 is 2.06 bits per heavy atom. The first kappa shape index (κ1) is 12.9. The van der Waals surface area contributed by atoms with Crippen LogP contribution in [0.15, 0.2) is 16.9 Å². The fourth-order valence-electron chi connectivity index (χ4n) is 1.87. The number of fused-ring (bicyclic) bond motifs is 1. The topological polar surface area (TPSA) is 70.2 Å². The number of hydrogen-bond donors (Lipinski definition) is 2. The molecule has 18 heavy (non-hydrogen) atoms. The Morgan fingerprint density at radius 3 is 2.67 bits per heavy atom. The van der Waals surface area contributed by atoms with E-state index in [9.17, 15) is 9.59 Å². The van der Waals surface area contributed by atoms with Crippen molar-refractivity contribution < 1.29 is 9.90 Å². The van der Waals surface area contributed by atoms with E-state index < -0.39 is 5.97 Å². The van der Waals surface area contributed by atoms with Crippen LogP contribution in [0.5, 0.6) is 0 Å². The number of H-pyrrole nitrogens is 1. The molecule has 0 spiro atoms. The second kappa shape index (κ2) is 4.63. The van der Waals surface area contributed by atoms with Gasteiger partial charge in [0.15, 0.2) is 5.43 Å². The summed E-state index contributed by atoms with van der Waals surface area (Å²) < 4.78 is 0. The number of hydrogen-bond acceptors (Lipinski definition) is 2. The number of carbonyl (C=O) groups is 1. The highest BCUT2D eigenvalue weighted by Gasteiger charge is 2.15. The number of halogens is 2. The molecule has 1 aromatic carbocycles. The van der Waals surface area contributed by atoms with Crippen LogP contribution < -0.4 is 5.43 Å². The minimum atomic E-state index is -1.06. The van der Waals surface area contributed by atoms with E-state index in [0.717, 1.165) is 0 Å². The van der Waals surface area contributed by atoms with Gasteiger partial charge in [-0.25, -0.2) is 0 Å². The first-order valence-electron chi connectivity index (χ1n) is 5.12. The highest BCUT2D eigenvalue weighted by Crippen LogP contribution is 2.25. The van der Waals surface area contributed by atoms with Crippen molar-refractivity contribution in [3.63, 3.8) is 0 Å². The summed E-state index contributed by atoms with van der Waals surface area (Å²) in [4.78, 5) is 25.9. The standard InChI is InChI=1S/C12H9Cl2NO3/c1-5-7(4-10(16)17)12(18)11-8(14)2-6(13)3-9(11)15-5/h2-3H,4H2,1H3,(H,15,18)(H,16,17). The van der Waals surface area contributed by atoms with Crippen molar-refractivity contribution in [2.75, 3.05) is 0 Å². The van der Waals surface area contributed by atoms with Gasteiger partial charge < -0.3 is 10.1 Å². The number of pyridine rings is 1. The fourth-order valence-corrected chi connectivity index (χ4v) is 2.44. The molecular weight excluding hydrogens is 277 g/mol. The van der Waals surface area contributed by atoms with E-state index in [1.807, 2.05) is 0 Å². The zero-order chi connectivity index (χ0) is 13.4. The van der Waals surface area contributed by atoms with Crippen molar-refractivity contribution in [1.29, 1.82) is 0 Å². The third-order valence-corrected chi connectivity index (χ3v) is 3.18. The largest absolute Gasteiger partial charge is 0.481 e. The molecule has 0 aliphatic carbocycles. The molecule has 4 nitrogen and oxygen atoms in total. The van der Waals surface area contributed by atoms with E-state index in [4.69, 9.17) is 28.3 Å². The van der Waals surface area contributed by atoms with Crippen LogP contribution in [-0.2, 0) is 11.2 Å². The van der Waals surface area contributed by atoms with Crippen LogP contribution in [0.2, 0.25) is 10.0 Å². The van der Waals surface area contributed by atoms with E-state index in [1.54, 1.807) is 13.0 Å². The molecule has 1 aromatic heterocycles. The molecule has 0 radical (unpaired) electrons. The monoisotopic (exact) mass is 285 g/mol. The molecule has 0 bridgehead atoms. The normalized spacial score (nSPS) is 10.8. The number of aryl methyl sites for hydroxylation is 1. The van der Waals surface area contributed by atoms with E-state index >= 15 is 0 Å². The van der Waals surface area contributed by atoms with Crippen molar-refractivity contribution in [2.24, 2.45) is 0 Å². The number of benzene rings is 1. The molecular formula is C12H9Cl2NO3. The van der Waals surface area contributed by atoms with E-state index in [2.05, 4.69) is 4.98 Å². The van der Waals surface area contributed by atoms with Gasteiger partial charge in [-0.2, -0.15) is 0 Å². The Morgan fingerprint density at radius 1 is 1.39 bits per heavy atom. The Labute approximate surface area is 112 Å². The second-order valence-corrected chi connectivity index (χ2v) is 4.78. The van der Waals surface area contributed by atoms with Crippen molar-refractivity contribution in [3.8, 4) is 0 Å². The molecule has 0 atom stereocenters. The molecule has 2 N–H and O–H groups in total. The molecule has 0 fully saturated rings. The van der Waals surface area contributed by atoms with Crippen molar-refractivity contribution in [1.82, 2.24) is 4.98 Å². The van der Waals surface area contributed by atoms with Crippen LogP contribution in [0, 0.1) is 6.92 Å². The van der Waals surface area contributed by atoms with Gasteiger partial charge in [-0.05, 0) is 19.1 Å². The van der Waals surface area contributed by atoms with Crippen LogP contribution in [0.1, 0.15) is 11.3 Å². The Hall–Kier alpha value is -1.52. The van der Waals surface area contributed by atoms with Gasteiger partial charge in [-0.3, -0.25) is 9.59 Å². The minimum Gasteiger partial charge on any atom is -0.481 e. The van der Waals surface area contributed by atoms with Crippen LogP contribution >= 0.6 is 23.2 Å². The first-order chi connectivity index (χ1) is 8.40. The number of rotatable bonds is 2. The summed E-state index contributed by atoms with van der Waals surface area (Å²) >= 11 is 11.8. The summed E-state index contributed by atoms with van der Waals surface area (Å²) in [6, 6.07) is 3.04. The van der Waals surface area contributed by atoms with Crippen LogP contribution in [-0.4, -0.2) is 16.1 Å².